The highest BCUT2D eigenvalue weighted by Crippen LogP contribution is 2.49. The lowest BCUT2D eigenvalue weighted by molar-refractivity contribution is -0.143. The van der Waals surface area contributed by atoms with Crippen LogP contribution in [0.2, 0.25) is 0 Å². The van der Waals surface area contributed by atoms with Crippen LogP contribution < -0.4 is 0 Å². The maximum Gasteiger partial charge on any atom is 0.310 e. The van der Waals surface area contributed by atoms with Crippen molar-refractivity contribution in [3.63, 3.8) is 0 Å². The minimum atomic E-state index is -0.686. The van der Waals surface area contributed by atoms with E-state index in [2.05, 4.69) is 9.97 Å². The molecule has 0 unspecified atom stereocenters. The minimum Gasteiger partial charge on any atom is -0.481 e. The smallest absolute Gasteiger partial charge is 0.310 e. The van der Waals surface area contributed by atoms with Crippen LogP contribution in [-0.4, -0.2) is 21.0 Å². The van der Waals surface area contributed by atoms with E-state index < -0.39 is 11.4 Å². The van der Waals surface area contributed by atoms with Crippen LogP contribution in [0.3, 0.4) is 0 Å². The molecule has 0 bridgehead atoms. The number of aromatic nitrogens is 2. The second-order valence-corrected chi connectivity index (χ2v) is 5.42. The SMILES string of the molecule is O=C(O)C1(Cc2nc(-c3ccc[nH]3)cs2)CC1. The molecule has 1 fully saturated rings. The number of H-pyrrole nitrogens is 1. The van der Waals surface area contributed by atoms with Crippen LogP contribution in [-0.2, 0) is 11.2 Å². The van der Waals surface area contributed by atoms with Crippen LogP contribution in [0.1, 0.15) is 17.8 Å². The van der Waals surface area contributed by atoms with Gasteiger partial charge in [-0.3, -0.25) is 4.79 Å². The number of thiazole rings is 1. The van der Waals surface area contributed by atoms with Gasteiger partial charge < -0.3 is 10.1 Å². The molecular formula is C12H12N2O2S. The molecule has 4 nitrogen and oxygen atoms in total. The van der Waals surface area contributed by atoms with E-state index in [1.165, 1.54) is 11.3 Å². The highest BCUT2D eigenvalue weighted by Gasteiger charge is 2.50. The molecule has 5 heteroatoms. The summed E-state index contributed by atoms with van der Waals surface area (Å²) >= 11 is 1.54. The van der Waals surface area contributed by atoms with Gasteiger partial charge in [0.25, 0.3) is 0 Å². The number of hydrogen-bond donors (Lipinski definition) is 2. The first kappa shape index (κ1) is 10.5. The van der Waals surface area contributed by atoms with Crippen LogP contribution in [0, 0.1) is 5.41 Å². The quantitative estimate of drug-likeness (QED) is 0.873. The van der Waals surface area contributed by atoms with Crippen LogP contribution in [0.15, 0.2) is 23.7 Å². The standard InChI is InChI=1S/C12H12N2O2S/c15-11(16)12(3-4-12)6-10-14-9(7-17-10)8-2-1-5-13-8/h1-2,5,7,13H,3-4,6H2,(H,15,16). The lowest BCUT2D eigenvalue weighted by Crippen LogP contribution is -2.17. The van der Waals surface area contributed by atoms with Crippen molar-refractivity contribution in [3.05, 3.63) is 28.7 Å². The molecule has 2 heterocycles. The molecule has 1 aliphatic rings. The third-order valence-electron chi connectivity index (χ3n) is 3.22. The molecule has 2 aromatic rings. The molecule has 3 rings (SSSR count). The van der Waals surface area contributed by atoms with E-state index in [0.29, 0.717) is 6.42 Å². The molecule has 0 atom stereocenters. The lowest BCUT2D eigenvalue weighted by atomic mass is 10.0. The third kappa shape index (κ3) is 1.86. The first-order valence-electron chi connectivity index (χ1n) is 5.51. The second-order valence-electron chi connectivity index (χ2n) is 4.47. The van der Waals surface area contributed by atoms with Gasteiger partial charge in [-0.25, -0.2) is 4.98 Å². The maximum absolute atomic E-state index is 11.1. The van der Waals surface area contributed by atoms with Crippen LogP contribution >= 0.6 is 11.3 Å². The molecule has 1 saturated carbocycles. The predicted molar refractivity (Wildman–Crippen MR) is 64.9 cm³/mol. The number of nitrogens with zero attached hydrogens (tertiary/aromatic N) is 1. The number of aliphatic carboxylic acids is 1. The van der Waals surface area contributed by atoms with Crippen LogP contribution in [0.25, 0.3) is 11.4 Å². The highest BCUT2D eigenvalue weighted by molar-refractivity contribution is 7.10. The van der Waals surface area contributed by atoms with E-state index in [1.807, 2.05) is 23.7 Å². The number of carboxylic acids is 1. The first-order chi connectivity index (χ1) is 8.20. The van der Waals surface area contributed by atoms with E-state index in [9.17, 15) is 4.79 Å². The molecule has 1 aliphatic carbocycles. The van der Waals surface area contributed by atoms with Crippen molar-refractivity contribution in [1.29, 1.82) is 0 Å². The molecule has 0 aromatic carbocycles. The van der Waals surface area contributed by atoms with Gasteiger partial charge >= 0.3 is 5.97 Å². The molecule has 0 spiro atoms. The molecule has 0 radical (unpaired) electrons. The van der Waals surface area contributed by atoms with Crippen LogP contribution in [0.4, 0.5) is 0 Å². The summed E-state index contributed by atoms with van der Waals surface area (Å²) in [5, 5.41) is 12.0. The van der Waals surface area contributed by atoms with E-state index >= 15 is 0 Å². The molecule has 17 heavy (non-hydrogen) atoms. The molecule has 2 N–H and O–H groups in total. The molecule has 88 valence electrons. The Labute approximate surface area is 102 Å². The second kappa shape index (κ2) is 3.70. The van der Waals surface area contributed by atoms with Crippen molar-refractivity contribution in [2.24, 2.45) is 5.41 Å². The Morgan fingerprint density at radius 2 is 2.41 bits per heavy atom. The summed E-state index contributed by atoms with van der Waals surface area (Å²) in [6.07, 6.45) is 3.97. The largest absolute Gasteiger partial charge is 0.481 e. The van der Waals surface area contributed by atoms with Gasteiger partial charge in [0.15, 0.2) is 0 Å². The number of nitrogens with one attached hydrogen (secondary N) is 1. The molecule has 0 saturated heterocycles. The van der Waals surface area contributed by atoms with E-state index in [0.717, 1.165) is 29.2 Å². The van der Waals surface area contributed by atoms with Crippen molar-refractivity contribution in [3.8, 4) is 11.4 Å². The van der Waals surface area contributed by atoms with Gasteiger partial charge in [0.2, 0.25) is 0 Å². The van der Waals surface area contributed by atoms with Crippen molar-refractivity contribution >= 4 is 17.3 Å². The van der Waals surface area contributed by atoms with Gasteiger partial charge in [-0.05, 0) is 25.0 Å². The lowest BCUT2D eigenvalue weighted by Gasteiger charge is -2.05. The summed E-state index contributed by atoms with van der Waals surface area (Å²) in [4.78, 5) is 18.7. The van der Waals surface area contributed by atoms with Gasteiger partial charge in [-0.15, -0.1) is 11.3 Å². The van der Waals surface area contributed by atoms with Gasteiger partial charge in [0, 0.05) is 18.0 Å². The Balaban J connectivity index is 1.80. The Morgan fingerprint density at radius 1 is 1.59 bits per heavy atom. The van der Waals surface area contributed by atoms with Crippen molar-refractivity contribution in [2.45, 2.75) is 19.3 Å². The molecule has 0 aliphatic heterocycles. The number of aromatic amines is 1. The first-order valence-corrected chi connectivity index (χ1v) is 6.39. The number of carboxylic acid groups (broad SMARTS) is 1. The van der Waals surface area contributed by atoms with E-state index in [1.54, 1.807) is 0 Å². The molecular weight excluding hydrogens is 236 g/mol. The zero-order chi connectivity index (χ0) is 11.9. The van der Waals surface area contributed by atoms with E-state index in [4.69, 9.17) is 5.11 Å². The zero-order valence-corrected chi connectivity index (χ0v) is 9.96. The Hall–Kier alpha value is -1.62. The van der Waals surface area contributed by atoms with Crippen molar-refractivity contribution < 1.29 is 9.90 Å². The molecule has 0 amide bonds. The topological polar surface area (TPSA) is 66.0 Å². The van der Waals surface area contributed by atoms with Crippen molar-refractivity contribution in [1.82, 2.24) is 9.97 Å². The van der Waals surface area contributed by atoms with Gasteiger partial charge in [-0.1, -0.05) is 0 Å². The summed E-state index contributed by atoms with van der Waals surface area (Å²) in [5.41, 5.74) is 1.36. The summed E-state index contributed by atoms with van der Waals surface area (Å²) in [6, 6.07) is 3.89. The van der Waals surface area contributed by atoms with Gasteiger partial charge in [0.05, 0.1) is 21.8 Å². The third-order valence-corrected chi connectivity index (χ3v) is 4.07. The van der Waals surface area contributed by atoms with Crippen LogP contribution in [0.5, 0.6) is 0 Å². The summed E-state index contributed by atoms with van der Waals surface area (Å²) in [6.45, 7) is 0. The monoisotopic (exact) mass is 248 g/mol. The molecule has 2 aromatic heterocycles. The summed E-state index contributed by atoms with van der Waals surface area (Å²) < 4.78 is 0. The fraction of sp³-hybridized carbons (Fsp3) is 0.333. The average molecular weight is 248 g/mol. The maximum atomic E-state index is 11.1. The highest BCUT2D eigenvalue weighted by atomic mass is 32.1. The Kier molecular flexibility index (Phi) is 2.29. The zero-order valence-electron chi connectivity index (χ0n) is 9.14. The van der Waals surface area contributed by atoms with Gasteiger partial charge in [0.1, 0.15) is 0 Å². The average Bonchev–Trinajstić information content (AvgIpc) is 2.76. The number of carbonyl (C=O) groups is 1. The number of rotatable bonds is 4. The Bertz CT molecular complexity index is 541. The fourth-order valence-corrected chi connectivity index (χ4v) is 2.85. The summed E-state index contributed by atoms with van der Waals surface area (Å²) in [7, 11) is 0. The van der Waals surface area contributed by atoms with Gasteiger partial charge in [-0.2, -0.15) is 0 Å². The van der Waals surface area contributed by atoms with Crippen molar-refractivity contribution in [2.75, 3.05) is 0 Å². The van der Waals surface area contributed by atoms with E-state index in [-0.39, 0.29) is 0 Å². The number of hydrogen-bond acceptors (Lipinski definition) is 3. The minimum absolute atomic E-state index is 0.523. The summed E-state index contributed by atoms with van der Waals surface area (Å²) in [5.74, 6) is -0.686. The normalized spacial score (nSPS) is 16.9. The fourth-order valence-electron chi connectivity index (χ4n) is 1.91. The Morgan fingerprint density at radius 3 is 3.00 bits per heavy atom. The predicted octanol–water partition coefficient (Wildman–Crippen LogP) is 2.55.